The van der Waals surface area contributed by atoms with E-state index in [0.717, 1.165) is 23.8 Å². The molecule has 0 spiro atoms. The normalized spacial score (nSPS) is 16.4. The van der Waals surface area contributed by atoms with E-state index < -0.39 is 0 Å². The van der Waals surface area contributed by atoms with E-state index in [1.54, 1.807) is 0 Å². The Morgan fingerprint density at radius 1 is 1.48 bits per heavy atom. The summed E-state index contributed by atoms with van der Waals surface area (Å²) in [4.78, 5) is 14.4. The number of aryl methyl sites for hydroxylation is 1. The van der Waals surface area contributed by atoms with Gasteiger partial charge in [0.25, 0.3) is 5.91 Å². The second-order valence-corrected chi connectivity index (χ2v) is 5.89. The van der Waals surface area contributed by atoms with Gasteiger partial charge in [-0.25, -0.2) is 0 Å². The molecule has 1 fully saturated rings. The van der Waals surface area contributed by atoms with Crippen molar-refractivity contribution in [1.29, 1.82) is 0 Å². The van der Waals surface area contributed by atoms with E-state index in [0.29, 0.717) is 24.4 Å². The van der Waals surface area contributed by atoms with E-state index in [1.807, 2.05) is 24.1 Å². The number of amides is 1. The number of hydrogen-bond donors (Lipinski definition) is 1. The number of piperidine rings is 1. The first-order chi connectivity index (χ1) is 10.2. The number of nitrogens with one attached hydrogen (secondary N) is 1. The van der Waals surface area contributed by atoms with Crippen LogP contribution in [0.4, 0.5) is 0 Å². The third-order valence-corrected chi connectivity index (χ3v) is 4.44. The molecule has 7 nitrogen and oxygen atoms in total. The Kier molecular flexibility index (Phi) is 3.96. The van der Waals surface area contributed by atoms with Crippen LogP contribution in [-0.4, -0.2) is 50.8 Å². The SMILES string of the molecule is CSc1cc(C(=O)N2CCC(c3nn[nH]n3)CC2)c(C)o1. The second kappa shape index (κ2) is 5.88. The van der Waals surface area contributed by atoms with E-state index in [4.69, 9.17) is 4.42 Å². The summed E-state index contributed by atoms with van der Waals surface area (Å²) in [5.74, 6) is 1.75. The Balaban J connectivity index is 1.66. The minimum atomic E-state index is 0.0445. The molecule has 0 unspecified atom stereocenters. The smallest absolute Gasteiger partial charge is 0.257 e. The van der Waals surface area contributed by atoms with E-state index in [-0.39, 0.29) is 11.8 Å². The second-order valence-electron chi connectivity index (χ2n) is 5.08. The maximum Gasteiger partial charge on any atom is 0.257 e. The van der Waals surface area contributed by atoms with Crippen LogP contribution in [0.5, 0.6) is 0 Å². The average Bonchev–Trinajstić information content (AvgIpc) is 3.16. The third kappa shape index (κ3) is 2.80. The number of carbonyl (C=O) groups excluding carboxylic acids is 1. The fraction of sp³-hybridized carbons (Fsp3) is 0.538. The van der Waals surface area contributed by atoms with Gasteiger partial charge in [-0.2, -0.15) is 5.21 Å². The number of likely N-dealkylation sites (tertiary alicyclic amines) is 1. The van der Waals surface area contributed by atoms with Crippen LogP contribution in [0.15, 0.2) is 15.6 Å². The minimum absolute atomic E-state index is 0.0445. The Morgan fingerprint density at radius 3 is 2.81 bits per heavy atom. The van der Waals surface area contributed by atoms with Crippen LogP contribution in [0.25, 0.3) is 0 Å². The zero-order valence-electron chi connectivity index (χ0n) is 12.0. The first-order valence-corrected chi connectivity index (χ1v) is 8.08. The van der Waals surface area contributed by atoms with Crippen LogP contribution in [0.3, 0.4) is 0 Å². The highest BCUT2D eigenvalue weighted by Crippen LogP contribution is 2.28. The number of thioether (sulfide) groups is 1. The lowest BCUT2D eigenvalue weighted by molar-refractivity contribution is 0.0709. The van der Waals surface area contributed by atoms with Crippen molar-refractivity contribution in [3.8, 4) is 0 Å². The molecule has 1 saturated heterocycles. The molecule has 1 aliphatic heterocycles. The molecule has 21 heavy (non-hydrogen) atoms. The molecular formula is C13H17N5O2S. The van der Waals surface area contributed by atoms with Crippen molar-refractivity contribution in [3.63, 3.8) is 0 Å². The van der Waals surface area contributed by atoms with E-state index >= 15 is 0 Å². The molecule has 1 amide bonds. The maximum absolute atomic E-state index is 12.5. The van der Waals surface area contributed by atoms with Crippen molar-refractivity contribution < 1.29 is 9.21 Å². The number of nitrogens with zero attached hydrogens (tertiary/aromatic N) is 4. The average molecular weight is 307 g/mol. The summed E-state index contributed by atoms with van der Waals surface area (Å²) in [7, 11) is 0. The summed E-state index contributed by atoms with van der Waals surface area (Å²) in [6.07, 6.45) is 3.65. The number of rotatable bonds is 3. The lowest BCUT2D eigenvalue weighted by atomic mass is 9.96. The van der Waals surface area contributed by atoms with Crippen molar-refractivity contribution in [2.24, 2.45) is 0 Å². The number of furan rings is 1. The molecule has 0 radical (unpaired) electrons. The summed E-state index contributed by atoms with van der Waals surface area (Å²) in [6, 6.07) is 1.83. The molecular weight excluding hydrogens is 290 g/mol. The summed E-state index contributed by atoms with van der Waals surface area (Å²) in [6.45, 7) is 3.24. The van der Waals surface area contributed by atoms with Gasteiger partial charge < -0.3 is 9.32 Å². The quantitative estimate of drug-likeness (QED) is 0.871. The molecule has 0 aliphatic carbocycles. The summed E-state index contributed by atoms with van der Waals surface area (Å²) in [5.41, 5.74) is 0.664. The number of carbonyl (C=O) groups is 1. The predicted octanol–water partition coefficient (Wildman–Crippen LogP) is 1.84. The summed E-state index contributed by atoms with van der Waals surface area (Å²) >= 11 is 1.50. The van der Waals surface area contributed by atoms with Gasteiger partial charge in [0.15, 0.2) is 10.9 Å². The van der Waals surface area contributed by atoms with Gasteiger partial charge >= 0.3 is 0 Å². The lowest BCUT2D eigenvalue weighted by Crippen LogP contribution is -2.38. The number of H-pyrrole nitrogens is 1. The van der Waals surface area contributed by atoms with Crippen molar-refractivity contribution in [3.05, 3.63) is 23.2 Å². The summed E-state index contributed by atoms with van der Waals surface area (Å²) in [5, 5.41) is 14.9. The Bertz CT molecular complexity index is 617. The zero-order valence-corrected chi connectivity index (χ0v) is 12.8. The monoisotopic (exact) mass is 307 g/mol. The van der Waals surface area contributed by atoms with E-state index in [2.05, 4.69) is 20.6 Å². The van der Waals surface area contributed by atoms with Crippen LogP contribution in [0.2, 0.25) is 0 Å². The van der Waals surface area contributed by atoms with Gasteiger partial charge in [0, 0.05) is 25.1 Å². The van der Waals surface area contributed by atoms with E-state index in [1.165, 1.54) is 11.8 Å². The molecule has 1 aliphatic rings. The minimum Gasteiger partial charge on any atom is -0.454 e. The zero-order chi connectivity index (χ0) is 14.8. The van der Waals surface area contributed by atoms with Crippen molar-refractivity contribution in [1.82, 2.24) is 25.5 Å². The molecule has 0 aromatic carbocycles. The van der Waals surface area contributed by atoms with Gasteiger partial charge in [0.05, 0.1) is 5.56 Å². The lowest BCUT2D eigenvalue weighted by Gasteiger charge is -2.30. The first-order valence-electron chi connectivity index (χ1n) is 6.86. The number of tetrazole rings is 1. The summed E-state index contributed by atoms with van der Waals surface area (Å²) < 4.78 is 5.54. The molecule has 1 N–H and O–H groups in total. The van der Waals surface area contributed by atoms with Crippen LogP contribution >= 0.6 is 11.8 Å². The first kappa shape index (κ1) is 14.1. The van der Waals surface area contributed by atoms with Gasteiger partial charge in [-0.15, -0.1) is 10.2 Å². The molecule has 0 bridgehead atoms. The topological polar surface area (TPSA) is 87.9 Å². The Morgan fingerprint density at radius 2 is 2.24 bits per heavy atom. The Hall–Kier alpha value is -1.83. The molecule has 0 atom stereocenters. The molecule has 8 heteroatoms. The molecule has 0 saturated carbocycles. The fourth-order valence-corrected chi connectivity index (χ4v) is 3.07. The predicted molar refractivity (Wildman–Crippen MR) is 77.3 cm³/mol. The van der Waals surface area contributed by atoms with Crippen LogP contribution in [0, 0.1) is 6.92 Å². The fourth-order valence-electron chi connectivity index (χ4n) is 2.62. The highest BCUT2D eigenvalue weighted by atomic mass is 32.2. The standard InChI is InChI=1S/C13H17N5O2S/c1-8-10(7-11(20-8)21-2)13(19)18-5-3-9(4-6-18)12-14-16-17-15-12/h7,9H,3-6H2,1-2H3,(H,14,15,16,17). The number of aromatic amines is 1. The molecule has 2 aromatic rings. The van der Waals surface area contributed by atoms with Crippen molar-refractivity contribution >= 4 is 17.7 Å². The van der Waals surface area contributed by atoms with Crippen LogP contribution in [0.1, 0.15) is 40.7 Å². The van der Waals surface area contributed by atoms with Gasteiger partial charge in [-0.3, -0.25) is 4.79 Å². The van der Waals surface area contributed by atoms with Gasteiger partial charge in [0.2, 0.25) is 0 Å². The highest BCUT2D eigenvalue weighted by Gasteiger charge is 2.28. The Labute approximate surface area is 126 Å². The highest BCUT2D eigenvalue weighted by molar-refractivity contribution is 7.98. The molecule has 3 heterocycles. The van der Waals surface area contributed by atoms with Gasteiger partial charge in [0.1, 0.15) is 5.76 Å². The van der Waals surface area contributed by atoms with Crippen LogP contribution < -0.4 is 0 Å². The number of hydrogen-bond acceptors (Lipinski definition) is 6. The maximum atomic E-state index is 12.5. The molecule has 3 rings (SSSR count). The molecule has 2 aromatic heterocycles. The third-order valence-electron chi connectivity index (χ3n) is 3.84. The van der Waals surface area contributed by atoms with Crippen LogP contribution in [-0.2, 0) is 0 Å². The van der Waals surface area contributed by atoms with Crippen molar-refractivity contribution in [2.75, 3.05) is 19.3 Å². The van der Waals surface area contributed by atoms with Crippen molar-refractivity contribution in [2.45, 2.75) is 30.8 Å². The molecule has 112 valence electrons. The van der Waals surface area contributed by atoms with Gasteiger partial charge in [-0.1, -0.05) is 17.0 Å². The van der Waals surface area contributed by atoms with Gasteiger partial charge in [-0.05, 0) is 26.0 Å². The largest absolute Gasteiger partial charge is 0.454 e. The van der Waals surface area contributed by atoms with E-state index in [9.17, 15) is 4.79 Å². The number of aromatic nitrogens is 4.